The molecule has 0 radical (unpaired) electrons. The Morgan fingerprint density at radius 3 is 2.52 bits per heavy atom. The zero-order valence-corrected chi connectivity index (χ0v) is 13.3. The van der Waals surface area contributed by atoms with Crippen LogP contribution in [-0.2, 0) is 0 Å². The molecule has 3 aromatic heterocycles. The Hall–Kier alpha value is -3.05. The molecule has 0 unspecified atom stereocenters. The Balaban J connectivity index is 0.000000185. The van der Waals surface area contributed by atoms with E-state index in [1.165, 1.54) is 12.3 Å². The van der Waals surface area contributed by atoms with Crippen LogP contribution in [0.4, 0.5) is 0 Å². The molecule has 8 heteroatoms. The molecule has 0 fully saturated rings. The van der Waals surface area contributed by atoms with Gasteiger partial charge in [-0.05, 0) is 40.2 Å². The largest absolute Gasteiger partial charge is 0.477 e. The molecule has 0 amide bonds. The van der Waals surface area contributed by atoms with Gasteiger partial charge in [0.05, 0.1) is 18.2 Å². The van der Waals surface area contributed by atoms with Crippen molar-refractivity contribution in [1.82, 2.24) is 19.5 Å². The number of carboxylic acids is 1. The molecule has 0 spiro atoms. The van der Waals surface area contributed by atoms with Crippen molar-refractivity contribution in [2.75, 3.05) is 0 Å². The summed E-state index contributed by atoms with van der Waals surface area (Å²) in [7, 11) is 0. The van der Waals surface area contributed by atoms with Gasteiger partial charge >= 0.3 is 5.97 Å². The maximum atomic E-state index is 10.5. The SMILES string of the molecule is N#Cc1ccc(Br)cn1.O=C(O)c1ccc(-n2ccnc2)cn1. The van der Waals surface area contributed by atoms with Crippen molar-refractivity contribution in [2.45, 2.75) is 0 Å². The summed E-state index contributed by atoms with van der Waals surface area (Å²) >= 11 is 3.20. The van der Waals surface area contributed by atoms with Gasteiger partial charge in [-0.3, -0.25) is 0 Å². The standard InChI is InChI=1S/C9H7N3O2.C6H3BrN2/c13-9(14)8-2-1-7(5-11-8)12-4-3-10-6-12;7-5-1-2-6(3-8)9-4-5/h1-6H,(H,13,14);1-2,4H. The monoisotopic (exact) mass is 371 g/mol. The first kappa shape index (κ1) is 16.3. The number of carbonyl (C=O) groups is 1. The van der Waals surface area contributed by atoms with Gasteiger partial charge in [-0.15, -0.1) is 0 Å². The predicted octanol–water partition coefficient (Wildman–Crippen LogP) is 2.68. The van der Waals surface area contributed by atoms with E-state index < -0.39 is 5.97 Å². The molecule has 0 aliphatic carbocycles. The lowest BCUT2D eigenvalue weighted by molar-refractivity contribution is 0.0690. The number of nitriles is 1. The number of aromatic nitrogens is 4. The van der Waals surface area contributed by atoms with Gasteiger partial charge in [0.1, 0.15) is 17.5 Å². The van der Waals surface area contributed by atoms with Crippen LogP contribution in [0.3, 0.4) is 0 Å². The number of aromatic carboxylic acids is 1. The number of rotatable bonds is 2. The van der Waals surface area contributed by atoms with Crippen molar-refractivity contribution in [3.8, 4) is 11.8 Å². The Morgan fingerprint density at radius 1 is 1.22 bits per heavy atom. The zero-order valence-electron chi connectivity index (χ0n) is 11.7. The van der Waals surface area contributed by atoms with Crippen LogP contribution in [0.25, 0.3) is 5.69 Å². The van der Waals surface area contributed by atoms with E-state index in [-0.39, 0.29) is 5.69 Å². The van der Waals surface area contributed by atoms with Crippen LogP contribution in [-0.4, -0.2) is 30.6 Å². The average Bonchev–Trinajstić information content (AvgIpc) is 3.11. The van der Waals surface area contributed by atoms with E-state index in [1.807, 2.05) is 6.07 Å². The molecule has 1 N–H and O–H groups in total. The summed E-state index contributed by atoms with van der Waals surface area (Å²) in [5.74, 6) is -1.03. The normalized spacial score (nSPS) is 9.39. The van der Waals surface area contributed by atoms with Crippen LogP contribution in [0, 0.1) is 11.3 Å². The second-order valence-corrected chi connectivity index (χ2v) is 5.07. The number of carboxylic acid groups (broad SMARTS) is 1. The van der Waals surface area contributed by atoms with E-state index in [0.717, 1.165) is 10.2 Å². The Morgan fingerprint density at radius 2 is 2.04 bits per heavy atom. The van der Waals surface area contributed by atoms with E-state index in [1.54, 1.807) is 47.7 Å². The molecule has 0 saturated carbocycles. The summed E-state index contributed by atoms with van der Waals surface area (Å²) in [5, 5.41) is 16.9. The van der Waals surface area contributed by atoms with E-state index >= 15 is 0 Å². The van der Waals surface area contributed by atoms with Crippen molar-refractivity contribution in [3.63, 3.8) is 0 Å². The fraction of sp³-hybridized carbons (Fsp3) is 0. The van der Waals surface area contributed by atoms with Gasteiger partial charge in [-0.25, -0.2) is 19.7 Å². The molecular formula is C15H10BrN5O2. The maximum absolute atomic E-state index is 10.5. The van der Waals surface area contributed by atoms with Gasteiger partial charge in [0.2, 0.25) is 0 Å². The van der Waals surface area contributed by atoms with Crippen molar-refractivity contribution < 1.29 is 9.90 Å². The van der Waals surface area contributed by atoms with Crippen LogP contribution in [0.5, 0.6) is 0 Å². The smallest absolute Gasteiger partial charge is 0.354 e. The van der Waals surface area contributed by atoms with Crippen molar-refractivity contribution in [3.05, 3.63) is 71.2 Å². The minimum atomic E-state index is -1.03. The van der Waals surface area contributed by atoms with Gasteiger partial charge in [-0.2, -0.15) is 5.26 Å². The highest BCUT2D eigenvalue weighted by Gasteiger charge is 2.03. The van der Waals surface area contributed by atoms with Gasteiger partial charge < -0.3 is 9.67 Å². The molecule has 114 valence electrons. The molecule has 3 heterocycles. The number of halogens is 1. The summed E-state index contributed by atoms with van der Waals surface area (Å²) in [6.45, 7) is 0. The topological polar surface area (TPSA) is 105 Å². The van der Waals surface area contributed by atoms with E-state index in [4.69, 9.17) is 10.4 Å². The molecule has 0 saturated heterocycles. The molecule has 0 atom stereocenters. The van der Waals surface area contributed by atoms with Crippen LogP contribution in [0.15, 0.2) is 59.9 Å². The van der Waals surface area contributed by atoms with Crippen LogP contribution < -0.4 is 0 Å². The maximum Gasteiger partial charge on any atom is 0.354 e. The highest BCUT2D eigenvalue weighted by Crippen LogP contribution is 2.06. The molecule has 3 aromatic rings. The van der Waals surface area contributed by atoms with Gasteiger partial charge in [0, 0.05) is 23.1 Å². The fourth-order valence-electron chi connectivity index (χ4n) is 1.52. The lowest BCUT2D eigenvalue weighted by atomic mass is 10.3. The molecule has 3 rings (SSSR count). The summed E-state index contributed by atoms with van der Waals surface area (Å²) in [5.41, 5.74) is 1.26. The second-order valence-electron chi connectivity index (χ2n) is 4.15. The highest BCUT2D eigenvalue weighted by molar-refractivity contribution is 9.10. The Labute approximate surface area is 140 Å². The summed E-state index contributed by atoms with van der Waals surface area (Å²) < 4.78 is 2.64. The summed E-state index contributed by atoms with van der Waals surface area (Å²) in [6, 6.07) is 8.50. The lowest BCUT2D eigenvalue weighted by Crippen LogP contribution is -2.00. The fourth-order valence-corrected chi connectivity index (χ4v) is 1.75. The van der Waals surface area contributed by atoms with Gasteiger partial charge in [-0.1, -0.05) is 0 Å². The third-order valence-corrected chi connectivity index (χ3v) is 3.08. The Kier molecular flexibility index (Phi) is 5.55. The minimum absolute atomic E-state index is 0.0360. The first-order chi connectivity index (χ1) is 11.1. The van der Waals surface area contributed by atoms with Crippen molar-refractivity contribution in [1.29, 1.82) is 5.26 Å². The van der Waals surface area contributed by atoms with E-state index in [2.05, 4.69) is 30.9 Å². The van der Waals surface area contributed by atoms with Crippen molar-refractivity contribution >= 4 is 21.9 Å². The predicted molar refractivity (Wildman–Crippen MR) is 85.0 cm³/mol. The number of pyridine rings is 2. The molecule has 0 aliphatic heterocycles. The van der Waals surface area contributed by atoms with Gasteiger partial charge in [0.25, 0.3) is 0 Å². The first-order valence-electron chi connectivity index (χ1n) is 6.29. The number of hydrogen-bond donors (Lipinski definition) is 1. The van der Waals surface area contributed by atoms with Crippen LogP contribution >= 0.6 is 15.9 Å². The molecular weight excluding hydrogens is 362 g/mol. The van der Waals surface area contributed by atoms with Crippen molar-refractivity contribution in [2.24, 2.45) is 0 Å². The summed E-state index contributed by atoms with van der Waals surface area (Å²) in [6.07, 6.45) is 8.11. The average molecular weight is 372 g/mol. The third-order valence-electron chi connectivity index (χ3n) is 2.61. The Bertz CT molecular complexity index is 809. The number of imidazole rings is 1. The molecule has 0 aromatic carbocycles. The highest BCUT2D eigenvalue weighted by atomic mass is 79.9. The molecule has 0 bridgehead atoms. The first-order valence-corrected chi connectivity index (χ1v) is 7.09. The summed E-state index contributed by atoms with van der Waals surface area (Å²) in [4.78, 5) is 22.0. The quantitative estimate of drug-likeness (QED) is 0.742. The van der Waals surface area contributed by atoms with Gasteiger partial charge in [0.15, 0.2) is 0 Å². The van der Waals surface area contributed by atoms with E-state index in [0.29, 0.717) is 5.69 Å². The van der Waals surface area contributed by atoms with Crippen LogP contribution in [0.1, 0.15) is 16.2 Å². The van der Waals surface area contributed by atoms with E-state index in [9.17, 15) is 4.79 Å². The minimum Gasteiger partial charge on any atom is -0.477 e. The second kappa shape index (κ2) is 7.82. The van der Waals surface area contributed by atoms with Crippen LogP contribution in [0.2, 0.25) is 0 Å². The third kappa shape index (κ3) is 4.72. The molecule has 7 nitrogen and oxygen atoms in total. The number of hydrogen-bond acceptors (Lipinski definition) is 5. The molecule has 23 heavy (non-hydrogen) atoms. The number of nitrogens with zero attached hydrogens (tertiary/aromatic N) is 5. The lowest BCUT2D eigenvalue weighted by Gasteiger charge is -2.00. The molecule has 0 aliphatic rings. The zero-order chi connectivity index (χ0) is 16.7.